The van der Waals surface area contributed by atoms with Crippen molar-refractivity contribution >= 4 is 11.7 Å². The lowest BCUT2D eigenvalue weighted by Crippen LogP contribution is -2.28. The lowest BCUT2D eigenvalue weighted by Gasteiger charge is -2.19. The van der Waals surface area contributed by atoms with Gasteiger partial charge in [-0.15, -0.1) is 0 Å². The van der Waals surface area contributed by atoms with Crippen molar-refractivity contribution in [1.29, 1.82) is 0 Å². The number of rotatable bonds is 10. The average Bonchev–Trinajstić information content (AvgIpc) is 3.23. The van der Waals surface area contributed by atoms with Gasteiger partial charge in [0, 0.05) is 25.1 Å². The molecule has 0 radical (unpaired) electrons. The van der Waals surface area contributed by atoms with Crippen molar-refractivity contribution in [2.45, 2.75) is 72.4 Å². The van der Waals surface area contributed by atoms with E-state index < -0.39 is 0 Å². The number of nitrogens with zero attached hydrogens (tertiary/aromatic N) is 4. The largest absolute Gasteiger partial charge is 0.346 e. The quantitative estimate of drug-likeness (QED) is 0.266. The van der Waals surface area contributed by atoms with E-state index in [1.807, 2.05) is 26.0 Å². The number of nitrogens with one attached hydrogen (secondary N) is 2. The molecule has 2 aromatic heterocycles. The average molecular weight is 541 g/mol. The number of carbonyl (C=O) groups excluding carboxylic acids is 1. The van der Waals surface area contributed by atoms with E-state index in [9.17, 15) is 9.59 Å². The van der Waals surface area contributed by atoms with E-state index in [1.54, 1.807) is 15.4 Å². The normalized spacial score (nSPS) is 11.4. The molecule has 210 valence electrons. The molecule has 0 aliphatic rings. The molecule has 0 aliphatic heterocycles. The van der Waals surface area contributed by atoms with Crippen molar-refractivity contribution in [1.82, 2.24) is 24.6 Å². The van der Waals surface area contributed by atoms with Crippen LogP contribution in [0.3, 0.4) is 0 Å². The Hall–Kier alpha value is -4.20. The van der Waals surface area contributed by atoms with Gasteiger partial charge in [0.15, 0.2) is 0 Å². The minimum absolute atomic E-state index is 0.0542. The molecule has 0 unspecified atom stereocenters. The molecule has 0 aliphatic carbocycles. The van der Waals surface area contributed by atoms with Crippen LogP contribution in [0.2, 0.25) is 0 Å². The summed E-state index contributed by atoms with van der Waals surface area (Å²) in [5.74, 6) is 0.834. The number of anilines is 1. The maximum Gasteiger partial charge on any atom is 0.346 e. The molecular formula is C32H40N6O2. The number of aromatic nitrogens is 4. The highest BCUT2D eigenvalue weighted by atomic mass is 16.2. The third-order valence-electron chi connectivity index (χ3n) is 6.94. The summed E-state index contributed by atoms with van der Waals surface area (Å²) in [6, 6.07) is 20.3. The third-order valence-corrected chi connectivity index (χ3v) is 6.94. The van der Waals surface area contributed by atoms with Gasteiger partial charge in [0.1, 0.15) is 5.82 Å². The molecule has 4 aromatic rings. The van der Waals surface area contributed by atoms with Crippen LogP contribution in [0, 0.1) is 0 Å². The Bertz CT molecular complexity index is 1460. The first-order valence-corrected chi connectivity index (χ1v) is 14.0. The van der Waals surface area contributed by atoms with E-state index >= 15 is 0 Å². The highest BCUT2D eigenvalue weighted by molar-refractivity contribution is 5.89. The number of hydrogen-bond donors (Lipinski definition) is 2. The number of amides is 2. The molecule has 0 spiro atoms. The topological polar surface area (TPSA) is 93.8 Å². The van der Waals surface area contributed by atoms with Crippen LogP contribution in [0.5, 0.6) is 0 Å². The Morgan fingerprint density at radius 3 is 2.20 bits per heavy atom. The van der Waals surface area contributed by atoms with Gasteiger partial charge in [0.2, 0.25) is 0 Å². The Kier molecular flexibility index (Phi) is 9.19. The standard InChI is InChI=1S/C32H40N6O2/c1-6-33-30(39)35-27-19-20-28(34-21-27)25-15-11-23(12-16-25)9-8-10-29-36-38(31(40)37(29)7-2)22-24-13-17-26(18-14-24)32(3,4)5/h11-21H,6-10,22H2,1-5H3,(H2,33,35,39). The van der Waals surface area contributed by atoms with Gasteiger partial charge in [0.25, 0.3) is 0 Å². The number of pyridine rings is 1. The Morgan fingerprint density at radius 1 is 0.900 bits per heavy atom. The van der Waals surface area contributed by atoms with Crippen LogP contribution in [0.15, 0.2) is 71.7 Å². The molecule has 0 saturated heterocycles. The van der Waals surface area contributed by atoms with Gasteiger partial charge in [-0.3, -0.25) is 9.55 Å². The van der Waals surface area contributed by atoms with Crippen LogP contribution in [-0.4, -0.2) is 31.9 Å². The lowest BCUT2D eigenvalue weighted by molar-refractivity contribution is 0.252. The highest BCUT2D eigenvalue weighted by Crippen LogP contribution is 2.23. The van der Waals surface area contributed by atoms with E-state index in [-0.39, 0.29) is 17.1 Å². The van der Waals surface area contributed by atoms with E-state index in [0.29, 0.717) is 25.3 Å². The van der Waals surface area contributed by atoms with Gasteiger partial charge in [-0.25, -0.2) is 14.3 Å². The molecule has 8 nitrogen and oxygen atoms in total. The summed E-state index contributed by atoms with van der Waals surface area (Å²) in [7, 11) is 0. The second-order valence-corrected chi connectivity index (χ2v) is 11.0. The highest BCUT2D eigenvalue weighted by Gasteiger charge is 2.15. The first-order valence-electron chi connectivity index (χ1n) is 14.0. The molecule has 0 fully saturated rings. The lowest BCUT2D eigenvalue weighted by atomic mass is 9.87. The zero-order valence-electron chi connectivity index (χ0n) is 24.2. The van der Waals surface area contributed by atoms with Crippen molar-refractivity contribution < 1.29 is 4.79 Å². The van der Waals surface area contributed by atoms with Crippen molar-refractivity contribution in [3.63, 3.8) is 0 Å². The Labute approximate surface area is 236 Å². The maximum atomic E-state index is 13.0. The van der Waals surface area contributed by atoms with Crippen molar-refractivity contribution in [3.05, 3.63) is 99.9 Å². The SMILES string of the molecule is CCNC(=O)Nc1ccc(-c2ccc(CCCc3nn(Cc4ccc(C(C)(C)C)cc4)c(=O)n3CC)cc2)nc1. The fraction of sp³-hybridized carbons (Fsp3) is 0.375. The molecule has 2 aromatic carbocycles. The summed E-state index contributed by atoms with van der Waals surface area (Å²) in [4.78, 5) is 29.2. The van der Waals surface area contributed by atoms with Crippen molar-refractivity contribution in [3.8, 4) is 11.3 Å². The molecular weight excluding hydrogens is 500 g/mol. The summed E-state index contributed by atoms with van der Waals surface area (Å²) in [6.45, 7) is 12.1. The molecule has 2 N–H and O–H groups in total. The number of hydrogen-bond acceptors (Lipinski definition) is 4. The summed E-state index contributed by atoms with van der Waals surface area (Å²) in [6.07, 6.45) is 4.19. The summed E-state index contributed by atoms with van der Waals surface area (Å²) in [5, 5.41) is 10.2. The fourth-order valence-corrected chi connectivity index (χ4v) is 4.64. The van der Waals surface area contributed by atoms with E-state index in [2.05, 4.69) is 84.9 Å². The predicted molar refractivity (Wildman–Crippen MR) is 161 cm³/mol. The summed E-state index contributed by atoms with van der Waals surface area (Å²) >= 11 is 0. The van der Waals surface area contributed by atoms with E-state index in [0.717, 1.165) is 41.9 Å². The van der Waals surface area contributed by atoms with Gasteiger partial charge in [-0.1, -0.05) is 69.3 Å². The summed E-state index contributed by atoms with van der Waals surface area (Å²) < 4.78 is 3.37. The summed E-state index contributed by atoms with van der Waals surface area (Å²) in [5.41, 5.74) is 6.13. The predicted octanol–water partition coefficient (Wildman–Crippen LogP) is 5.79. The van der Waals surface area contributed by atoms with Crippen LogP contribution in [0.1, 0.15) is 63.6 Å². The zero-order valence-corrected chi connectivity index (χ0v) is 24.2. The zero-order chi connectivity index (χ0) is 28.7. The number of aryl methyl sites for hydroxylation is 2. The van der Waals surface area contributed by atoms with E-state index in [1.165, 1.54) is 11.1 Å². The minimum Gasteiger partial charge on any atom is -0.338 e. The second-order valence-electron chi connectivity index (χ2n) is 11.0. The first kappa shape index (κ1) is 28.8. The number of urea groups is 1. The second kappa shape index (κ2) is 12.8. The third kappa shape index (κ3) is 7.25. The van der Waals surface area contributed by atoms with Gasteiger partial charge in [0.05, 0.1) is 24.1 Å². The molecule has 2 amide bonds. The van der Waals surface area contributed by atoms with Crippen LogP contribution in [0.4, 0.5) is 10.5 Å². The van der Waals surface area contributed by atoms with Gasteiger partial charge in [-0.05, 0) is 60.9 Å². The van der Waals surface area contributed by atoms with Crippen molar-refractivity contribution in [2.24, 2.45) is 0 Å². The molecule has 4 rings (SSSR count). The molecule has 0 bridgehead atoms. The molecule has 0 atom stereocenters. The van der Waals surface area contributed by atoms with Gasteiger partial charge < -0.3 is 10.6 Å². The van der Waals surface area contributed by atoms with Crippen LogP contribution in [0.25, 0.3) is 11.3 Å². The monoisotopic (exact) mass is 540 g/mol. The van der Waals surface area contributed by atoms with Gasteiger partial charge in [-0.2, -0.15) is 5.10 Å². The Balaban J connectivity index is 1.34. The van der Waals surface area contributed by atoms with Crippen molar-refractivity contribution in [2.75, 3.05) is 11.9 Å². The van der Waals surface area contributed by atoms with Crippen LogP contribution < -0.4 is 16.3 Å². The Morgan fingerprint density at radius 2 is 1.60 bits per heavy atom. The number of benzene rings is 2. The molecule has 0 saturated carbocycles. The number of carbonyl (C=O) groups is 1. The molecule has 8 heteroatoms. The first-order chi connectivity index (χ1) is 19.2. The molecule has 40 heavy (non-hydrogen) atoms. The molecule has 2 heterocycles. The van der Waals surface area contributed by atoms with E-state index in [4.69, 9.17) is 5.10 Å². The van der Waals surface area contributed by atoms with Crippen LogP contribution >= 0.6 is 0 Å². The van der Waals surface area contributed by atoms with Crippen LogP contribution in [-0.2, 0) is 31.3 Å². The minimum atomic E-state index is -0.241. The smallest absolute Gasteiger partial charge is 0.338 e. The fourth-order valence-electron chi connectivity index (χ4n) is 4.64. The maximum absolute atomic E-state index is 13.0. The van der Waals surface area contributed by atoms with Gasteiger partial charge >= 0.3 is 11.7 Å².